The second-order valence-corrected chi connectivity index (χ2v) is 7.70. The topological polar surface area (TPSA) is 66.5 Å². The predicted molar refractivity (Wildman–Crippen MR) is 113 cm³/mol. The molecule has 1 aliphatic rings. The van der Waals surface area contributed by atoms with Crippen LogP contribution in [0.2, 0.25) is 0 Å². The lowest BCUT2D eigenvalue weighted by molar-refractivity contribution is -0.134. The highest BCUT2D eigenvalue weighted by molar-refractivity contribution is 5.94. The second-order valence-electron chi connectivity index (χ2n) is 7.70. The first-order valence-corrected chi connectivity index (χ1v) is 10.2. The summed E-state index contributed by atoms with van der Waals surface area (Å²) in [6.07, 6.45) is 2.50. The third kappa shape index (κ3) is 6.01. The van der Waals surface area contributed by atoms with Crippen molar-refractivity contribution in [3.8, 4) is 11.1 Å². The molecular weight excluding hydrogens is 364 g/mol. The summed E-state index contributed by atoms with van der Waals surface area (Å²) < 4.78 is 0. The molecule has 2 aromatic carbocycles. The van der Waals surface area contributed by atoms with Crippen molar-refractivity contribution >= 4 is 17.6 Å². The highest BCUT2D eigenvalue weighted by Gasteiger charge is 2.24. The summed E-state index contributed by atoms with van der Waals surface area (Å²) in [6, 6.07) is 17.7. The van der Waals surface area contributed by atoms with Gasteiger partial charge in [0.1, 0.15) is 5.78 Å². The number of nitrogens with zero attached hydrogens (tertiary/aromatic N) is 1. The maximum atomic E-state index is 12.5. The number of amides is 2. The van der Waals surface area contributed by atoms with Gasteiger partial charge in [-0.3, -0.25) is 9.59 Å². The minimum atomic E-state index is -0.0929. The lowest BCUT2D eigenvalue weighted by Gasteiger charge is -2.33. The SMILES string of the molecule is CC(=O)CCC(=O)N1CCC[C@@H](CNC(=O)c2ccc(-c3ccccc3)cc2)C1. The molecule has 1 fully saturated rings. The van der Waals surface area contributed by atoms with Gasteiger partial charge in [-0.25, -0.2) is 0 Å². The Labute approximate surface area is 172 Å². The molecule has 1 aliphatic heterocycles. The number of ketones is 1. The van der Waals surface area contributed by atoms with E-state index in [1.54, 1.807) is 0 Å². The Bertz CT molecular complexity index is 846. The number of Topliss-reactive ketones (excluding diaryl/α,β-unsaturated/α-hetero) is 1. The van der Waals surface area contributed by atoms with Crippen LogP contribution in [0, 0.1) is 5.92 Å². The summed E-state index contributed by atoms with van der Waals surface area (Å²) in [7, 11) is 0. The van der Waals surface area contributed by atoms with Crippen molar-refractivity contribution in [2.45, 2.75) is 32.6 Å². The van der Waals surface area contributed by atoms with Crippen molar-refractivity contribution in [2.75, 3.05) is 19.6 Å². The van der Waals surface area contributed by atoms with Crippen LogP contribution in [0.4, 0.5) is 0 Å². The third-order valence-electron chi connectivity index (χ3n) is 5.37. The van der Waals surface area contributed by atoms with E-state index in [-0.39, 0.29) is 29.9 Å². The summed E-state index contributed by atoms with van der Waals surface area (Å²) in [5.74, 6) is 0.229. The van der Waals surface area contributed by atoms with Gasteiger partial charge in [0, 0.05) is 38.0 Å². The van der Waals surface area contributed by atoms with Crippen molar-refractivity contribution in [1.29, 1.82) is 0 Å². The molecule has 2 amide bonds. The zero-order valence-corrected chi connectivity index (χ0v) is 16.9. The molecule has 29 heavy (non-hydrogen) atoms. The number of piperidine rings is 1. The van der Waals surface area contributed by atoms with Gasteiger partial charge in [-0.2, -0.15) is 0 Å². The lowest BCUT2D eigenvalue weighted by atomic mass is 9.97. The number of carbonyl (C=O) groups is 3. The van der Waals surface area contributed by atoms with Crippen molar-refractivity contribution in [2.24, 2.45) is 5.92 Å². The molecule has 5 heteroatoms. The Morgan fingerprint density at radius 2 is 1.66 bits per heavy atom. The van der Waals surface area contributed by atoms with Gasteiger partial charge < -0.3 is 15.0 Å². The minimum Gasteiger partial charge on any atom is -0.352 e. The molecule has 3 rings (SSSR count). The van der Waals surface area contributed by atoms with Gasteiger partial charge in [0.05, 0.1) is 0 Å². The standard InChI is InChI=1S/C24H28N2O3/c1-18(27)9-14-23(28)26-15-5-6-19(17-26)16-25-24(29)22-12-10-21(11-13-22)20-7-3-2-4-8-20/h2-4,7-8,10-13,19H,5-6,9,14-17H2,1H3,(H,25,29)/t19-/m0/s1. The van der Waals surface area contributed by atoms with Crippen molar-refractivity contribution in [1.82, 2.24) is 10.2 Å². The molecule has 1 heterocycles. The maximum absolute atomic E-state index is 12.5. The first-order valence-electron chi connectivity index (χ1n) is 10.2. The van der Waals surface area contributed by atoms with E-state index in [0.29, 0.717) is 25.1 Å². The minimum absolute atomic E-state index is 0.0349. The molecule has 2 aromatic rings. The molecule has 1 N–H and O–H groups in total. The maximum Gasteiger partial charge on any atom is 0.251 e. The van der Waals surface area contributed by atoms with Crippen molar-refractivity contribution in [3.63, 3.8) is 0 Å². The first kappa shape index (κ1) is 20.8. The van der Waals surface area contributed by atoms with Crippen LogP contribution in [0.5, 0.6) is 0 Å². The fourth-order valence-electron chi connectivity index (χ4n) is 3.68. The van der Waals surface area contributed by atoms with Crippen LogP contribution in [0.3, 0.4) is 0 Å². The van der Waals surface area contributed by atoms with Gasteiger partial charge in [0.15, 0.2) is 0 Å². The lowest BCUT2D eigenvalue weighted by Crippen LogP contribution is -2.43. The van der Waals surface area contributed by atoms with Gasteiger partial charge in [0.25, 0.3) is 5.91 Å². The Morgan fingerprint density at radius 1 is 0.966 bits per heavy atom. The Balaban J connectivity index is 1.49. The molecule has 1 saturated heterocycles. The Kier molecular flexibility index (Phi) is 7.17. The van der Waals surface area contributed by atoms with E-state index in [0.717, 1.165) is 30.5 Å². The van der Waals surface area contributed by atoms with Crippen LogP contribution in [0.15, 0.2) is 54.6 Å². The summed E-state index contributed by atoms with van der Waals surface area (Å²) in [5.41, 5.74) is 2.83. The molecule has 0 bridgehead atoms. The molecule has 152 valence electrons. The number of likely N-dealkylation sites (tertiary alicyclic amines) is 1. The van der Waals surface area contributed by atoms with Crippen LogP contribution in [0.25, 0.3) is 11.1 Å². The number of benzene rings is 2. The van der Waals surface area contributed by atoms with E-state index in [4.69, 9.17) is 0 Å². The van der Waals surface area contributed by atoms with Crippen LogP contribution in [-0.2, 0) is 9.59 Å². The summed E-state index contributed by atoms with van der Waals surface area (Å²) in [5, 5.41) is 3.01. The normalized spacial score (nSPS) is 16.3. The summed E-state index contributed by atoms with van der Waals surface area (Å²) in [4.78, 5) is 37.7. The molecular formula is C24H28N2O3. The molecule has 0 aliphatic carbocycles. The average molecular weight is 392 g/mol. The first-order chi connectivity index (χ1) is 14.0. The van der Waals surface area contributed by atoms with Gasteiger partial charge in [-0.05, 0) is 48.9 Å². The zero-order valence-electron chi connectivity index (χ0n) is 16.9. The Morgan fingerprint density at radius 3 is 2.34 bits per heavy atom. The van der Waals surface area contributed by atoms with E-state index < -0.39 is 0 Å². The van der Waals surface area contributed by atoms with E-state index >= 15 is 0 Å². The average Bonchev–Trinajstić information content (AvgIpc) is 2.76. The highest BCUT2D eigenvalue weighted by Crippen LogP contribution is 2.20. The molecule has 0 spiro atoms. The molecule has 5 nitrogen and oxygen atoms in total. The quantitative estimate of drug-likeness (QED) is 0.781. The number of nitrogens with one attached hydrogen (secondary N) is 1. The van der Waals surface area contributed by atoms with Gasteiger partial charge >= 0.3 is 0 Å². The van der Waals surface area contributed by atoms with Gasteiger partial charge in [-0.15, -0.1) is 0 Å². The third-order valence-corrected chi connectivity index (χ3v) is 5.37. The molecule has 1 atom stereocenters. The fourth-order valence-corrected chi connectivity index (χ4v) is 3.68. The smallest absolute Gasteiger partial charge is 0.251 e. The highest BCUT2D eigenvalue weighted by atomic mass is 16.2. The largest absolute Gasteiger partial charge is 0.352 e. The van der Waals surface area contributed by atoms with Crippen LogP contribution in [-0.4, -0.2) is 42.1 Å². The molecule has 0 saturated carbocycles. The van der Waals surface area contributed by atoms with E-state index in [1.807, 2.05) is 59.5 Å². The monoisotopic (exact) mass is 392 g/mol. The Hall–Kier alpha value is -2.95. The summed E-state index contributed by atoms with van der Waals surface area (Å²) >= 11 is 0. The number of hydrogen-bond donors (Lipinski definition) is 1. The predicted octanol–water partition coefficient (Wildman–Crippen LogP) is 3.69. The fraction of sp³-hybridized carbons (Fsp3) is 0.375. The number of hydrogen-bond acceptors (Lipinski definition) is 3. The van der Waals surface area contributed by atoms with E-state index in [1.165, 1.54) is 6.92 Å². The van der Waals surface area contributed by atoms with Gasteiger partial charge in [-0.1, -0.05) is 42.5 Å². The van der Waals surface area contributed by atoms with Gasteiger partial charge in [0.2, 0.25) is 5.91 Å². The number of rotatable bonds is 7. The van der Waals surface area contributed by atoms with Crippen molar-refractivity contribution < 1.29 is 14.4 Å². The van der Waals surface area contributed by atoms with Crippen molar-refractivity contribution in [3.05, 3.63) is 60.2 Å². The number of carbonyl (C=O) groups excluding carboxylic acids is 3. The zero-order chi connectivity index (χ0) is 20.6. The van der Waals surface area contributed by atoms with E-state index in [2.05, 4.69) is 5.32 Å². The van der Waals surface area contributed by atoms with Crippen LogP contribution in [0.1, 0.15) is 43.0 Å². The molecule has 0 radical (unpaired) electrons. The summed E-state index contributed by atoms with van der Waals surface area (Å²) in [6.45, 7) is 3.44. The molecule has 0 unspecified atom stereocenters. The molecule has 0 aromatic heterocycles. The van der Waals surface area contributed by atoms with Crippen LogP contribution < -0.4 is 5.32 Å². The second kappa shape index (κ2) is 10.0. The van der Waals surface area contributed by atoms with Crippen LogP contribution >= 0.6 is 0 Å². The van der Waals surface area contributed by atoms with E-state index in [9.17, 15) is 14.4 Å².